The van der Waals surface area contributed by atoms with Crippen molar-refractivity contribution in [3.8, 4) is 0 Å². The molecule has 0 fully saturated rings. The third-order valence-electron chi connectivity index (χ3n) is 1.53. The molecule has 1 heterocycles. The number of aliphatic imine (C=N–C) groups is 1. The quantitative estimate of drug-likeness (QED) is 0.677. The summed E-state index contributed by atoms with van der Waals surface area (Å²) < 4.78 is 0. The first-order chi connectivity index (χ1) is 6.25. The molecule has 0 N–H and O–H groups in total. The summed E-state index contributed by atoms with van der Waals surface area (Å²) in [5.74, 6) is 0.335. The van der Waals surface area contributed by atoms with E-state index in [2.05, 4.69) is 15.2 Å². The minimum Gasteiger partial charge on any atom is -0.242 e. The number of azo groups is 1. The molecule has 0 saturated heterocycles. The lowest BCUT2D eigenvalue weighted by Gasteiger charge is -1.94. The van der Waals surface area contributed by atoms with Crippen LogP contribution in [0.2, 0.25) is 5.02 Å². The van der Waals surface area contributed by atoms with Gasteiger partial charge in [0.25, 0.3) is 0 Å². The Hall–Kier alpha value is -1.55. The van der Waals surface area contributed by atoms with Crippen molar-refractivity contribution in [3.05, 3.63) is 34.9 Å². The number of nitrogens with zero attached hydrogens (tertiary/aromatic N) is 3. The Balaban J connectivity index is 2.37. The number of amidine groups is 1. The lowest BCUT2D eigenvalue weighted by molar-refractivity contribution is 0.257. The van der Waals surface area contributed by atoms with Crippen molar-refractivity contribution < 1.29 is 4.79 Å². The molecular formula is C8H4ClN3O. The van der Waals surface area contributed by atoms with Gasteiger partial charge >= 0.3 is 6.03 Å². The summed E-state index contributed by atoms with van der Waals surface area (Å²) >= 11 is 5.69. The van der Waals surface area contributed by atoms with E-state index in [4.69, 9.17) is 11.6 Å². The molecule has 0 spiro atoms. The number of carbonyl (C=O) groups is 1. The van der Waals surface area contributed by atoms with Gasteiger partial charge < -0.3 is 0 Å². The molecule has 13 heavy (non-hydrogen) atoms. The summed E-state index contributed by atoms with van der Waals surface area (Å²) in [4.78, 5) is 14.2. The number of urea groups is 1. The van der Waals surface area contributed by atoms with Gasteiger partial charge in [-0.05, 0) is 24.3 Å². The maximum Gasteiger partial charge on any atom is 0.387 e. The Morgan fingerprint density at radius 3 is 2.31 bits per heavy atom. The fourth-order valence-electron chi connectivity index (χ4n) is 0.947. The van der Waals surface area contributed by atoms with Crippen LogP contribution in [0.4, 0.5) is 4.79 Å². The minimum atomic E-state index is -0.565. The van der Waals surface area contributed by atoms with Crippen LogP contribution in [0.25, 0.3) is 0 Å². The summed E-state index contributed by atoms with van der Waals surface area (Å²) in [5.41, 5.74) is 0.735. The maximum atomic E-state index is 10.6. The van der Waals surface area contributed by atoms with E-state index in [1.54, 1.807) is 24.3 Å². The molecule has 0 saturated carbocycles. The van der Waals surface area contributed by atoms with Gasteiger partial charge in [0.2, 0.25) is 0 Å². The number of carbonyl (C=O) groups excluding carboxylic acids is 1. The van der Waals surface area contributed by atoms with Gasteiger partial charge in [0.15, 0.2) is 5.84 Å². The van der Waals surface area contributed by atoms with Gasteiger partial charge in [0.1, 0.15) is 0 Å². The molecule has 1 aromatic carbocycles. The van der Waals surface area contributed by atoms with Crippen molar-refractivity contribution in [2.24, 2.45) is 15.2 Å². The molecule has 5 heteroatoms. The van der Waals surface area contributed by atoms with Gasteiger partial charge in [-0.1, -0.05) is 16.7 Å². The van der Waals surface area contributed by atoms with Crippen molar-refractivity contribution in [1.82, 2.24) is 0 Å². The van der Waals surface area contributed by atoms with Gasteiger partial charge in [-0.25, -0.2) is 4.79 Å². The van der Waals surface area contributed by atoms with E-state index in [1.165, 1.54) is 0 Å². The zero-order valence-electron chi connectivity index (χ0n) is 6.44. The Kier molecular flexibility index (Phi) is 1.90. The maximum absolute atomic E-state index is 10.6. The normalized spacial score (nSPS) is 14.8. The molecule has 1 aromatic rings. The van der Waals surface area contributed by atoms with Crippen molar-refractivity contribution >= 4 is 23.5 Å². The van der Waals surface area contributed by atoms with Crippen molar-refractivity contribution in [2.45, 2.75) is 0 Å². The Morgan fingerprint density at radius 1 is 1.08 bits per heavy atom. The second-order valence-corrected chi connectivity index (χ2v) is 2.86. The number of rotatable bonds is 1. The largest absolute Gasteiger partial charge is 0.387 e. The molecule has 64 valence electrons. The molecule has 0 aliphatic carbocycles. The summed E-state index contributed by atoms with van der Waals surface area (Å²) in [6.45, 7) is 0. The van der Waals surface area contributed by atoms with Crippen molar-refractivity contribution in [3.63, 3.8) is 0 Å². The van der Waals surface area contributed by atoms with Crippen LogP contribution in [-0.2, 0) is 0 Å². The summed E-state index contributed by atoms with van der Waals surface area (Å²) in [7, 11) is 0. The van der Waals surface area contributed by atoms with Crippen LogP contribution in [0.15, 0.2) is 39.5 Å². The zero-order valence-corrected chi connectivity index (χ0v) is 7.19. The molecule has 1 aliphatic heterocycles. The van der Waals surface area contributed by atoms with E-state index >= 15 is 0 Å². The van der Waals surface area contributed by atoms with Crippen LogP contribution >= 0.6 is 11.6 Å². The predicted octanol–water partition coefficient (Wildman–Crippen LogP) is 2.67. The van der Waals surface area contributed by atoms with Gasteiger partial charge in [-0.2, -0.15) is 4.99 Å². The fraction of sp³-hybridized carbons (Fsp3) is 0. The van der Waals surface area contributed by atoms with Crippen LogP contribution in [-0.4, -0.2) is 11.9 Å². The summed E-state index contributed by atoms with van der Waals surface area (Å²) in [6.07, 6.45) is 0. The van der Waals surface area contributed by atoms with Crippen molar-refractivity contribution in [2.75, 3.05) is 0 Å². The fourth-order valence-corrected chi connectivity index (χ4v) is 1.07. The van der Waals surface area contributed by atoms with E-state index < -0.39 is 6.03 Å². The number of hydrogen-bond acceptors (Lipinski definition) is 2. The highest BCUT2D eigenvalue weighted by Gasteiger charge is 2.11. The smallest absolute Gasteiger partial charge is 0.242 e. The second kappa shape index (κ2) is 3.06. The third kappa shape index (κ3) is 1.62. The van der Waals surface area contributed by atoms with Crippen LogP contribution < -0.4 is 0 Å². The average Bonchev–Trinajstić information content (AvgIpc) is 2.53. The Labute approximate surface area is 79.0 Å². The number of amides is 2. The van der Waals surface area contributed by atoms with Gasteiger partial charge in [-0.15, -0.1) is 5.11 Å². The molecule has 0 aromatic heterocycles. The van der Waals surface area contributed by atoms with E-state index in [0.29, 0.717) is 10.9 Å². The SMILES string of the molecule is O=C1N=NC(c2ccc(Cl)cc2)=N1. The van der Waals surface area contributed by atoms with Crippen LogP contribution in [0.3, 0.4) is 0 Å². The molecule has 2 rings (SSSR count). The van der Waals surface area contributed by atoms with Crippen LogP contribution in [0.1, 0.15) is 5.56 Å². The summed E-state index contributed by atoms with van der Waals surface area (Å²) in [5, 5.41) is 7.49. The lowest BCUT2D eigenvalue weighted by Crippen LogP contribution is -1.92. The van der Waals surface area contributed by atoms with Crippen LogP contribution in [0.5, 0.6) is 0 Å². The highest BCUT2D eigenvalue weighted by molar-refractivity contribution is 6.30. The first-order valence-electron chi connectivity index (χ1n) is 3.56. The van der Waals surface area contributed by atoms with Crippen molar-refractivity contribution in [1.29, 1.82) is 0 Å². The standard InChI is InChI=1S/C8H4ClN3O/c9-6-3-1-5(2-4-6)7-10-8(13)12-11-7/h1-4H. The third-order valence-corrected chi connectivity index (χ3v) is 1.79. The van der Waals surface area contributed by atoms with E-state index in [9.17, 15) is 4.79 Å². The predicted molar refractivity (Wildman–Crippen MR) is 48.2 cm³/mol. The highest BCUT2D eigenvalue weighted by atomic mass is 35.5. The Bertz CT molecular complexity index is 408. The van der Waals surface area contributed by atoms with E-state index in [0.717, 1.165) is 5.56 Å². The minimum absolute atomic E-state index is 0.335. The zero-order chi connectivity index (χ0) is 9.26. The van der Waals surface area contributed by atoms with E-state index in [-0.39, 0.29) is 0 Å². The van der Waals surface area contributed by atoms with E-state index in [1.807, 2.05) is 0 Å². The number of benzene rings is 1. The topological polar surface area (TPSA) is 54.1 Å². The Morgan fingerprint density at radius 2 is 1.77 bits per heavy atom. The molecule has 0 radical (unpaired) electrons. The lowest BCUT2D eigenvalue weighted by atomic mass is 10.2. The monoisotopic (exact) mass is 193 g/mol. The molecule has 0 unspecified atom stereocenters. The van der Waals surface area contributed by atoms with Crippen LogP contribution in [0, 0.1) is 0 Å². The molecule has 0 bridgehead atoms. The second-order valence-electron chi connectivity index (χ2n) is 2.42. The highest BCUT2D eigenvalue weighted by Crippen LogP contribution is 2.13. The van der Waals surface area contributed by atoms with Gasteiger partial charge in [0, 0.05) is 10.6 Å². The molecule has 2 amide bonds. The molecule has 4 nitrogen and oxygen atoms in total. The molecule has 1 aliphatic rings. The van der Waals surface area contributed by atoms with Gasteiger partial charge in [0.05, 0.1) is 0 Å². The first-order valence-corrected chi connectivity index (χ1v) is 3.94. The average molecular weight is 194 g/mol. The molecular weight excluding hydrogens is 190 g/mol. The molecule has 0 atom stereocenters. The number of hydrogen-bond donors (Lipinski definition) is 0. The summed E-state index contributed by atoms with van der Waals surface area (Å²) in [6, 6.07) is 6.32. The first kappa shape index (κ1) is 8.07. The number of halogens is 1. The van der Waals surface area contributed by atoms with Gasteiger partial charge in [-0.3, -0.25) is 0 Å².